The van der Waals surface area contributed by atoms with Crippen molar-refractivity contribution in [3.63, 3.8) is 0 Å². The molecule has 2 aliphatic rings. The SMILES string of the molecule is CNC(=O)c1ccccc1C1=CC=C(CNC(=O)C(O)C(O)C(=O)N2CCCC2)CC=C1. The number of hydrogen-bond donors (Lipinski definition) is 4. The van der Waals surface area contributed by atoms with Crippen molar-refractivity contribution in [2.45, 2.75) is 31.5 Å². The van der Waals surface area contributed by atoms with Gasteiger partial charge in [0.05, 0.1) is 0 Å². The van der Waals surface area contributed by atoms with Gasteiger partial charge in [-0.15, -0.1) is 0 Å². The highest BCUT2D eigenvalue weighted by atomic mass is 16.3. The number of likely N-dealkylation sites (tertiary alicyclic amines) is 1. The number of carbonyl (C=O) groups excluding carboxylic acids is 3. The third-order valence-corrected chi connectivity index (χ3v) is 5.61. The summed E-state index contributed by atoms with van der Waals surface area (Å²) in [6.45, 7) is 1.22. The summed E-state index contributed by atoms with van der Waals surface area (Å²) in [6.07, 6.45) is 6.24. The van der Waals surface area contributed by atoms with Crippen molar-refractivity contribution in [3.8, 4) is 0 Å². The van der Waals surface area contributed by atoms with Crippen LogP contribution in [-0.4, -0.2) is 71.7 Å². The Balaban J connectivity index is 1.63. The molecule has 8 heteroatoms. The predicted octanol–water partition coefficient (Wildman–Crippen LogP) is 0.776. The van der Waals surface area contributed by atoms with E-state index in [9.17, 15) is 24.6 Å². The zero-order valence-electron chi connectivity index (χ0n) is 18.1. The van der Waals surface area contributed by atoms with Gasteiger partial charge in [0, 0.05) is 32.2 Å². The summed E-state index contributed by atoms with van der Waals surface area (Å²) in [6, 6.07) is 7.30. The highest BCUT2D eigenvalue weighted by Crippen LogP contribution is 2.24. The molecule has 1 fully saturated rings. The van der Waals surface area contributed by atoms with E-state index >= 15 is 0 Å². The van der Waals surface area contributed by atoms with Gasteiger partial charge in [0.2, 0.25) is 0 Å². The quantitative estimate of drug-likeness (QED) is 0.501. The average molecular weight is 440 g/mol. The van der Waals surface area contributed by atoms with Crippen molar-refractivity contribution in [2.75, 3.05) is 26.7 Å². The Morgan fingerprint density at radius 2 is 1.78 bits per heavy atom. The lowest BCUT2D eigenvalue weighted by Crippen LogP contribution is -2.50. The molecular weight excluding hydrogens is 410 g/mol. The molecule has 1 heterocycles. The summed E-state index contributed by atoms with van der Waals surface area (Å²) in [5.41, 5.74) is 3.09. The highest BCUT2D eigenvalue weighted by molar-refractivity contribution is 6.00. The molecule has 0 radical (unpaired) electrons. The molecule has 0 spiro atoms. The van der Waals surface area contributed by atoms with Crippen LogP contribution >= 0.6 is 0 Å². The largest absolute Gasteiger partial charge is 0.380 e. The standard InChI is InChI=1S/C24H29N3O5/c1-25-22(30)19-10-3-2-9-18(19)17-8-6-7-16(11-12-17)15-26-23(31)20(28)21(29)24(32)27-13-4-5-14-27/h2-3,6,8-12,20-21,28-29H,4-5,7,13-15H2,1H3,(H,25,30)(H,26,31). The van der Waals surface area contributed by atoms with Crippen LogP contribution in [0.4, 0.5) is 0 Å². The van der Waals surface area contributed by atoms with E-state index in [2.05, 4.69) is 10.6 Å². The summed E-state index contributed by atoms with van der Waals surface area (Å²) >= 11 is 0. The van der Waals surface area contributed by atoms with E-state index in [0.717, 1.165) is 29.6 Å². The molecule has 0 bridgehead atoms. The van der Waals surface area contributed by atoms with E-state index in [1.807, 2.05) is 36.4 Å². The number of rotatable bonds is 7. The lowest BCUT2D eigenvalue weighted by Gasteiger charge is -2.22. The summed E-state index contributed by atoms with van der Waals surface area (Å²) in [4.78, 5) is 38.1. The number of benzene rings is 1. The van der Waals surface area contributed by atoms with E-state index in [1.54, 1.807) is 19.2 Å². The number of aliphatic hydroxyl groups is 2. The zero-order valence-corrected chi connectivity index (χ0v) is 18.1. The van der Waals surface area contributed by atoms with Gasteiger partial charge in [-0.2, -0.15) is 0 Å². The maximum absolute atomic E-state index is 12.3. The number of amides is 3. The summed E-state index contributed by atoms with van der Waals surface area (Å²) < 4.78 is 0. The molecule has 1 saturated heterocycles. The molecular formula is C24H29N3O5. The van der Waals surface area contributed by atoms with Gasteiger partial charge in [-0.25, -0.2) is 0 Å². The minimum Gasteiger partial charge on any atom is -0.380 e. The molecule has 2 unspecified atom stereocenters. The summed E-state index contributed by atoms with van der Waals surface area (Å²) in [7, 11) is 1.58. The van der Waals surface area contributed by atoms with Crippen molar-refractivity contribution < 1.29 is 24.6 Å². The topological polar surface area (TPSA) is 119 Å². The lowest BCUT2D eigenvalue weighted by molar-refractivity contribution is -0.152. The molecule has 1 aromatic carbocycles. The van der Waals surface area contributed by atoms with Crippen LogP contribution < -0.4 is 10.6 Å². The fraction of sp³-hybridized carbons (Fsp3) is 0.375. The normalized spacial score (nSPS) is 17.7. The fourth-order valence-corrected chi connectivity index (χ4v) is 3.75. The first kappa shape index (κ1) is 23.4. The van der Waals surface area contributed by atoms with Gasteiger partial charge in [0.1, 0.15) is 0 Å². The molecule has 4 N–H and O–H groups in total. The van der Waals surface area contributed by atoms with Gasteiger partial charge < -0.3 is 25.7 Å². The Hall–Kier alpha value is -3.23. The van der Waals surface area contributed by atoms with Crippen molar-refractivity contribution in [1.82, 2.24) is 15.5 Å². The van der Waals surface area contributed by atoms with Crippen LogP contribution in [0.3, 0.4) is 0 Å². The smallest absolute Gasteiger partial charge is 0.254 e. The van der Waals surface area contributed by atoms with Crippen molar-refractivity contribution >= 4 is 23.3 Å². The minimum absolute atomic E-state index is 0.158. The number of aliphatic hydroxyl groups excluding tert-OH is 2. The van der Waals surface area contributed by atoms with E-state index < -0.39 is 24.0 Å². The van der Waals surface area contributed by atoms with Gasteiger partial charge in [-0.1, -0.05) is 42.5 Å². The van der Waals surface area contributed by atoms with E-state index in [0.29, 0.717) is 25.1 Å². The van der Waals surface area contributed by atoms with Gasteiger partial charge in [-0.05, 0) is 42.0 Å². The number of hydrogen-bond acceptors (Lipinski definition) is 5. The van der Waals surface area contributed by atoms with Gasteiger partial charge in [0.15, 0.2) is 12.2 Å². The van der Waals surface area contributed by atoms with Crippen molar-refractivity contribution in [1.29, 1.82) is 0 Å². The Bertz CT molecular complexity index is 960. The van der Waals surface area contributed by atoms with E-state index in [1.165, 1.54) is 4.90 Å². The minimum atomic E-state index is -1.82. The molecule has 3 rings (SSSR count). The molecule has 8 nitrogen and oxygen atoms in total. The van der Waals surface area contributed by atoms with Gasteiger partial charge in [0.25, 0.3) is 17.7 Å². The first-order valence-electron chi connectivity index (χ1n) is 10.7. The molecule has 3 amide bonds. The first-order valence-corrected chi connectivity index (χ1v) is 10.7. The first-order chi connectivity index (χ1) is 15.4. The third-order valence-electron chi connectivity index (χ3n) is 5.61. The molecule has 1 aromatic rings. The van der Waals surface area contributed by atoms with Crippen LogP contribution in [0.1, 0.15) is 35.2 Å². The summed E-state index contributed by atoms with van der Waals surface area (Å²) in [5.74, 6) is -1.59. The number of nitrogens with zero attached hydrogens (tertiary/aromatic N) is 1. The predicted molar refractivity (Wildman–Crippen MR) is 120 cm³/mol. The van der Waals surface area contributed by atoms with Crippen molar-refractivity contribution in [2.24, 2.45) is 0 Å². The molecule has 0 aromatic heterocycles. The number of allylic oxidation sites excluding steroid dienone is 5. The monoisotopic (exact) mass is 439 g/mol. The van der Waals surface area contributed by atoms with Gasteiger partial charge in [-0.3, -0.25) is 14.4 Å². The van der Waals surface area contributed by atoms with Crippen LogP contribution in [0.2, 0.25) is 0 Å². The summed E-state index contributed by atoms with van der Waals surface area (Å²) in [5, 5.41) is 25.4. The third kappa shape index (κ3) is 5.52. The molecule has 0 saturated carbocycles. The Morgan fingerprint density at radius 3 is 2.50 bits per heavy atom. The molecule has 32 heavy (non-hydrogen) atoms. The molecule has 2 atom stereocenters. The maximum atomic E-state index is 12.3. The average Bonchev–Trinajstić information content (AvgIpc) is 3.26. The highest BCUT2D eigenvalue weighted by Gasteiger charge is 2.34. The Kier molecular flexibility index (Phi) is 7.97. The second-order valence-corrected chi connectivity index (χ2v) is 7.82. The lowest BCUT2D eigenvalue weighted by atomic mass is 9.98. The zero-order chi connectivity index (χ0) is 23.1. The van der Waals surface area contributed by atoms with Crippen molar-refractivity contribution in [3.05, 3.63) is 65.3 Å². The second-order valence-electron chi connectivity index (χ2n) is 7.82. The van der Waals surface area contributed by atoms with Crippen LogP contribution in [-0.2, 0) is 9.59 Å². The molecule has 1 aliphatic heterocycles. The van der Waals surface area contributed by atoms with Crippen LogP contribution in [0.5, 0.6) is 0 Å². The Morgan fingerprint density at radius 1 is 1.06 bits per heavy atom. The van der Waals surface area contributed by atoms with Crippen LogP contribution in [0.25, 0.3) is 5.57 Å². The van der Waals surface area contributed by atoms with Crippen LogP contribution in [0.15, 0.2) is 54.1 Å². The second kappa shape index (κ2) is 10.9. The number of carbonyl (C=O) groups is 3. The molecule has 170 valence electrons. The molecule has 1 aliphatic carbocycles. The van der Waals surface area contributed by atoms with E-state index in [-0.39, 0.29) is 12.5 Å². The fourth-order valence-electron chi connectivity index (χ4n) is 3.75. The van der Waals surface area contributed by atoms with Crippen LogP contribution in [0, 0.1) is 0 Å². The number of nitrogens with one attached hydrogen (secondary N) is 2. The van der Waals surface area contributed by atoms with E-state index in [4.69, 9.17) is 0 Å². The maximum Gasteiger partial charge on any atom is 0.254 e. The Labute approximate surface area is 187 Å². The van der Waals surface area contributed by atoms with Gasteiger partial charge >= 0.3 is 0 Å².